The van der Waals surface area contributed by atoms with Crippen LogP contribution in [0.1, 0.15) is 21.9 Å². The zero-order valence-electron chi connectivity index (χ0n) is 10.4. The molecule has 0 N–H and O–H groups in total. The van der Waals surface area contributed by atoms with Crippen LogP contribution in [0, 0.1) is 6.92 Å². The molecule has 0 saturated carbocycles. The fourth-order valence-corrected chi connectivity index (χ4v) is 1.96. The lowest BCUT2D eigenvalue weighted by molar-refractivity contribution is 0.0774. The Balaban J connectivity index is 2.09. The normalized spacial score (nSPS) is 10.4. The lowest BCUT2D eigenvalue weighted by atomic mass is 10.2. The Kier molecular flexibility index (Phi) is 3.77. The first-order chi connectivity index (χ1) is 8.56. The minimum atomic E-state index is -0.0417. The lowest BCUT2D eigenvalue weighted by Crippen LogP contribution is -2.25. The summed E-state index contributed by atoms with van der Waals surface area (Å²) in [6.07, 6.45) is 0. The first kappa shape index (κ1) is 12.8. The summed E-state index contributed by atoms with van der Waals surface area (Å²) < 4.78 is 5.45. The SMILES string of the molecule is Cc1ccc(CN(C)C(=O)c2cccc(S)c2)o1. The summed E-state index contributed by atoms with van der Waals surface area (Å²) in [4.78, 5) is 14.6. The second kappa shape index (κ2) is 5.31. The second-order valence-electron chi connectivity index (χ2n) is 4.22. The van der Waals surface area contributed by atoms with E-state index in [-0.39, 0.29) is 5.91 Å². The van der Waals surface area contributed by atoms with Crippen LogP contribution in [-0.4, -0.2) is 17.9 Å². The number of hydrogen-bond acceptors (Lipinski definition) is 3. The maximum atomic E-state index is 12.2. The lowest BCUT2D eigenvalue weighted by Gasteiger charge is -2.15. The molecule has 0 aliphatic carbocycles. The number of nitrogens with zero attached hydrogens (tertiary/aromatic N) is 1. The Morgan fingerprint density at radius 1 is 1.33 bits per heavy atom. The van der Waals surface area contributed by atoms with Crippen molar-refractivity contribution in [1.29, 1.82) is 0 Å². The van der Waals surface area contributed by atoms with Gasteiger partial charge in [-0.1, -0.05) is 6.07 Å². The molecule has 0 fully saturated rings. The van der Waals surface area contributed by atoms with Crippen molar-refractivity contribution in [1.82, 2.24) is 4.90 Å². The van der Waals surface area contributed by atoms with Crippen molar-refractivity contribution in [3.63, 3.8) is 0 Å². The third-order valence-electron chi connectivity index (χ3n) is 2.63. The van der Waals surface area contributed by atoms with Crippen LogP contribution in [0.25, 0.3) is 0 Å². The molecule has 0 atom stereocenters. The Hall–Kier alpha value is -1.68. The van der Waals surface area contributed by atoms with E-state index in [1.54, 1.807) is 24.1 Å². The molecular formula is C14H15NO2S. The maximum Gasteiger partial charge on any atom is 0.254 e. The summed E-state index contributed by atoms with van der Waals surface area (Å²) in [7, 11) is 1.76. The van der Waals surface area contributed by atoms with Crippen LogP contribution in [-0.2, 0) is 6.54 Å². The van der Waals surface area contributed by atoms with Gasteiger partial charge >= 0.3 is 0 Å². The Bertz CT molecular complexity index is 562. The van der Waals surface area contributed by atoms with Gasteiger partial charge in [-0.15, -0.1) is 12.6 Å². The molecule has 18 heavy (non-hydrogen) atoms. The fourth-order valence-electron chi connectivity index (χ4n) is 1.73. The van der Waals surface area contributed by atoms with E-state index < -0.39 is 0 Å². The fraction of sp³-hybridized carbons (Fsp3) is 0.214. The van der Waals surface area contributed by atoms with E-state index in [9.17, 15) is 4.79 Å². The predicted molar refractivity (Wildman–Crippen MR) is 72.9 cm³/mol. The standard InChI is InChI=1S/C14H15NO2S/c1-10-6-7-12(17-10)9-15(2)14(16)11-4-3-5-13(18)8-11/h3-8,18H,9H2,1-2H3. The van der Waals surface area contributed by atoms with Gasteiger partial charge < -0.3 is 9.32 Å². The Morgan fingerprint density at radius 2 is 2.11 bits per heavy atom. The van der Waals surface area contributed by atoms with Crippen LogP contribution in [0.2, 0.25) is 0 Å². The molecule has 2 aromatic rings. The summed E-state index contributed by atoms with van der Waals surface area (Å²) in [5.74, 6) is 1.59. The number of thiol groups is 1. The highest BCUT2D eigenvalue weighted by atomic mass is 32.1. The van der Waals surface area contributed by atoms with Gasteiger partial charge in [-0.05, 0) is 37.3 Å². The molecule has 0 aliphatic heterocycles. The van der Waals surface area contributed by atoms with Gasteiger partial charge in [0, 0.05) is 17.5 Å². The minimum Gasteiger partial charge on any atom is -0.464 e. The summed E-state index contributed by atoms with van der Waals surface area (Å²) in [6.45, 7) is 2.35. The number of aryl methyl sites for hydroxylation is 1. The number of carbonyl (C=O) groups excluding carboxylic acids is 1. The summed E-state index contributed by atoms with van der Waals surface area (Å²) >= 11 is 4.23. The van der Waals surface area contributed by atoms with Gasteiger partial charge in [0.15, 0.2) is 0 Å². The minimum absolute atomic E-state index is 0.0417. The number of rotatable bonds is 3. The van der Waals surface area contributed by atoms with Gasteiger partial charge in [-0.25, -0.2) is 0 Å². The van der Waals surface area contributed by atoms with Gasteiger partial charge in [0.25, 0.3) is 5.91 Å². The van der Waals surface area contributed by atoms with Gasteiger partial charge in [0.05, 0.1) is 6.54 Å². The van der Waals surface area contributed by atoms with Crippen LogP contribution < -0.4 is 0 Å². The average Bonchev–Trinajstić information content (AvgIpc) is 2.73. The molecule has 3 nitrogen and oxygen atoms in total. The maximum absolute atomic E-state index is 12.2. The number of carbonyl (C=O) groups is 1. The van der Waals surface area contributed by atoms with Gasteiger partial charge in [0.2, 0.25) is 0 Å². The van der Waals surface area contributed by atoms with E-state index in [0.29, 0.717) is 12.1 Å². The number of furan rings is 1. The highest BCUT2D eigenvalue weighted by molar-refractivity contribution is 7.80. The van der Waals surface area contributed by atoms with E-state index >= 15 is 0 Å². The monoisotopic (exact) mass is 261 g/mol. The largest absolute Gasteiger partial charge is 0.464 e. The predicted octanol–water partition coefficient (Wildman–Crippen LogP) is 3.15. The molecule has 0 unspecified atom stereocenters. The van der Waals surface area contributed by atoms with Gasteiger partial charge in [0.1, 0.15) is 11.5 Å². The van der Waals surface area contributed by atoms with Crippen molar-refractivity contribution in [3.05, 3.63) is 53.5 Å². The zero-order valence-corrected chi connectivity index (χ0v) is 11.3. The summed E-state index contributed by atoms with van der Waals surface area (Å²) in [5, 5.41) is 0. The molecule has 1 aromatic carbocycles. The number of benzene rings is 1. The first-order valence-electron chi connectivity index (χ1n) is 5.66. The topological polar surface area (TPSA) is 33.5 Å². The molecule has 0 saturated heterocycles. The Morgan fingerprint density at radius 3 is 2.72 bits per heavy atom. The smallest absolute Gasteiger partial charge is 0.254 e. The van der Waals surface area contributed by atoms with Gasteiger partial charge in [-0.2, -0.15) is 0 Å². The Labute approximate surface area is 112 Å². The van der Waals surface area contributed by atoms with Crippen molar-refractivity contribution in [3.8, 4) is 0 Å². The molecule has 94 valence electrons. The van der Waals surface area contributed by atoms with Crippen LogP contribution in [0.5, 0.6) is 0 Å². The highest BCUT2D eigenvalue weighted by Crippen LogP contribution is 2.13. The van der Waals surface area contributed by atoms with Crippen molar-refractivity contribution >= 4 is 18.5 Å². The molecule has 4 heteroatoms. The summed E-state index contributed by atoms with van der Waals surface area (Å²) in [6, 6.07) is 11.0. The third kappa shape index (κ3) is 2.96. The van der Waals surface area contributed by atoms with E-state index in [1.807, 2.05) is 31.2 Å². The molecule has 1 heterocycles. The molecule has 1 aromatic heterocycles. The zero-order chi connectivity index (χ0) is 13.1. The van der Waals surface area contributed by atoms with Crippen molar-refractivity contribution < 1.29 is 9.21 Å². The molecular weight excluding hydrogens is 246 g/mol. The first-order valence-corrected chi connectivity index (χ1v) is 6.11. The van der Waals surface area contributed by atoms with Gasteiger partial charge in [-0.3, -0.25) is 4.79 Å². The van der Waals surface area contributed by atoms with Crippen LogP contribution in [0.3, 0.4) is 0 Å². The van der Waals surface area contributed by atoms with E-state index in [2.05, 4.69) is 12.6 Å². The summed E-state index contributed by atoms with van der Waals surface area (Å²) in [5.41, 5.74) is 0.633. The third-order valence-corrected chi connectivity index (χ3v) is 2.91. The second-order valence-corrected chi connectivity index (χ2v) is 4.74. The molecule has 0 aliphatic rings. The van der Waals surface area contributed by atoms with Crippen LogP contribution in [0.15, 0.2) is 45.7 Å². The van der Waals surface area contributed by atoms with Crippen LogP contribution >= 0.6 is 12.6 Å². The molecule has 0 spiro atoms. The van der Waals surface area contributed by atoms with Crippen LogP contribution in [0.4, 0.5) is 0 Å². The number of amides is 1. The average molecular weight is 261 g/mol. The quantitative estimate of drug-likeness (QED) is 0.861. The van der Waals surface area contributed by atoms with E-state index in [0.717, 1.165) is 16.4 Å². The molecule has 0 radical (unpaired) electrons. The number of hydrogen-bond donors (Lipinski definition) is 1. The highest BCUT2D eigenvalue weighted by Gasteiger charge is 2.13. The van der Waals surface area contributed by atoms with Crippen molar-refractivity contribution in [2.45, 2.75) is 18.4 Å². The van der Waals surface area contributed by atoms with Crippen molar-refractivity contribution in [2.75, 3.05) is 7.05 Å². The van der Waals surface area contributed by atoms with E-state index in [4.69, 9.17) is 4.42 Å². The molecule has 2 rings (SSSR count). The molecule has 0 bridgehead atoms. The molecule has 1 amide bonds. The van der Waals surface area contributed by atoms with E-state index in [1.165, 1.54) is 0 Å². The van der Waals surface area contributed by atoms with Crippen molar-refractivity contribution in [2.24, 2.45) is 0 Å².